The molecule has 90 valence electrons. The van der Waals surface area contributed by atoms with Crippen LogP contribution in [0.4, 0.5) is 0 Å². The maximum absolute atomic E-state index is 9.38. The van der Waals surface area contributed by atoms with Crippen LogP contribution in [0.3, 0.4) is 0 Å². The van der Waals surface area contributed by atoms with Crippen LogP contribution in [0, 0.1) is 5.41 Å². The molecule has 0 bridgehead atoms. The van der Waals surface area contributed by atoms with Crippen molar-refractivity contribution < 1.29 is 5.11 Å². The number of aliphatic hydroxyl groups excluding tert-OH is 1. The van der Waals surface area contributed by atoms with Gasteiger partial charge in [-0.15, -0.1) is 0 Å². The SMILES string of the molecule is CC1(CO)CCCN(CCn2cccn2)C1. The highest BCUT2D eigenvalue weighted by atomic mass is 16.3. The molecule has 0 saturated carbocycles. The molecule has 1 aliphatic heterocycles. The molecule has 0 amide bonds. The van der Waals surface area contributed by atoms with E-state index in [4.69, 9.17) is 0 Å². The molecule has 1 aliphatic rings. The summed E-state index contributed by atoms with van der Waals surface area (Å²) in [5.41, 5.74) is 0.0996. The summed E-state index contributed by atoms with van der Waals surface area (Å²) in [6, 6.07) is 1.95. The second-order valence-electron chi connectivity index (χ2n) is 5.12. The average Bonchev–Trinajstić information content (AvgIpc) is 2.80. The van der Waals surface area contributed by atoms with Crippen molar-refractivity contribution >= 4 is 0 Å². The Morgan fingerprint density at radius 2 is 2.31 bits per heavy atom. The largest absolute Gasteiger partial charge is 0.396 e. The molecule has 1 fully saturated rings. The minimum absolute atomic E-state index is 0.0996. The van der Waals surface area contributed by atoms with Crippen LogP contribution in [-0.2, 0) is 6.54 Å². The third-order valence-electron chi connectivity index (χ3n) is 3.45. The van der Waals surface area contributed by atoms with Crippen LogP contribution < -0.4 is 0 Å². The fourth-order valence-electron chi connectivity index (χ4n) is 2.42. The lowest BCUT2D eigenvalue weighted by atomic mass is 9.83. The third kappa shape index (κ3) is 2.83. The van der Waals surface area contributed by atoms with E-state index in [2.05, 4.69) is 16.9 Å². The highest BCUT2D eigenvalue weighted by molar-refractivity contribution is 4.83. The lowest BCUT2D eigenvalue weighted by Crippen LogP contribution is -2.44. The minimum Gasteiger partial charge on any atom is -0.396 e. The number of nitrogens with zero attached hydrogens (tertiary/aromatic N) is 3. The molecule has 1 aromatic rings. The second kappa shape index (κ2) is 4.97. The topological polar surface area (TPSA) is 41.3 Å². The summed E-state index contributed by atoms with van der Waals surface area (Å²) >= 11 is 0. The highest BCUT2D eigenvalue weighted by Crippen LogP contribution is 2.28. The van der Waals surface area contributed by atoms with Crippen LogP contribution in [0.15, 0.2) is 18.5 Å². The maximum atomic E-state index is 9.38. The van der Waals surface area contributed by atoms with Gasteiger partial charge in [0.25, 0.3) is 0 Å². The molecular formula is C12H21N3O. The molecule has 1 N–H and O–H groups in total. The summed E-state index contributed by atoms with van der Waals surface area (Å²) in [6.07, 6.45) is 6.14. The van der Waals surface area contributed by atoms with E-state index < -0.39 is 0 Å². The molecule has 1 aromatic heterocycles. The van der Waals surface area contributed by atoms with Crippen molar-refractivity contribution in [2.45, 2.75) is 26.3 Å². The van der Waals surface area contributed by atoms with Gasteiger partial charge in [0.2, 0.25) is 0 Å². The first-order valence-corrected chi connectivity index (χ1v) is 6.02. The zero-order chi connectivity index (χ0) is 11.4. The monoisotopic (exact) mass is 223 g/mol. The fraction of sp³-hybridized carbons (Fsp3) is 0.750. The van der Waals surface area contributed by atoms with Crippen molar-refractivity contribution in [1.82, 2.24) is 14.7 Å². The molecule has 2 rings (SSSR count). The average molecular weight is 223 g/mol. The fourth-order valence-corrected chi connectivity index (χ4v) is 2.42. The van der Waals surface area contributed by atoms with Gasteiger partial charge in [0.1, 0.15) is 0 Å². The zero-order valence-electron chi connectivity index (χ0n) is 9.97. The first-order valence-electron chi connectivity index (χ1n) is 6.02. The van der Waals surface area contributed by atoms with E-state index >= 15 is 0 Å². The van der Waals surface area contributed by atoms with E-state index in [1.165, 1.54) is 6.42 Å². The van der Waals surface area contributed by atoms with Gasteiger partial charge in [0.15, 0.2) is 0 Å². The molecule has 2 heterocycles. The number of likely N-dealkylation sites (tertiary alicyclic amines) is 1. The molecule has 16 heavy (non-hydrogen) atoms. The van der Waals surface area contributed by atoms with Gasteiger partial charge in [-0.1, -0.05) is 6.92 Å². The number of piperidine rings is 1. The molecule has 0 aromatic carbocycles. The van der Waals surface area contributed by atoms with Gasteiger partial charge < -0.3 is 10.0 Å². The van der Waals surface area contributed by atoms with Gasteiger partial charge in [-0.05, 0) is 25.5 Å². The lowest BCUT2D eigenvalue weighted by Gasteiger charge is -2.39. The minimum atomic E-state index is 0.0996. The number of hydrogen-bond donors (Lipinski definition) is 1. The van der Waals surface area contributed by atoms with Gasteiger partial charge in [-0.25, -0.2) is 0 Å². The van der Waals surface area contributed by atoms with E-state index in [1.54, 1.807) is 0 Å². The van der Waals surface area contributed by atoms with E-state index in [-0.39, 0.29) is 5.41 Å². The summed E-state index contributed by atoms with van der Waals surface area (Å²) in [5.74, 6) is 0. The highest BCUT2D eigenvalue weighted by Gasteiger charge is 2.29. The Morgan fingerprint density at radius 1 is 1.44 bits per heavy atom. The van der Waals surface area contributed by atoms with E-state index in [9.17, 15) is 5.11 Å². The number of rotatable bonds is 4. The van der Waals surface area contributed by atoms with Crippen LogP contribution >= 0.6 is 0 Å². The molecular weight excluding hydrogens is 202 g/mol. The summed E-state index contributed by atoms with van der Waals surface area (Å²) < 4.78 is 1.96. The smallest absolute Gasteiger partial charge is 0.0536 e. The van der Waals surface area contributed by atoms with Gasteiger partial charge in [-0.3, -0.25) is 4.68 Å². The molecule has 0 radical (unpaired) electrons. The lowest BCUT2D eigenvalue weighted by molar-refractivity contribution is 0.0447. The number of aromatic nitrogens is 2. The molecule has 4 heteroatoms. The van der Waals surface area contributed by atoms with Crippen molar-refractivity contribution in [3.8, 4) is 0 Å². The Hall–Kier alpha value is -0.870. The molecule has 4 nitrogen and oxygen atoms in total. The van der Waals surface area contributed by atoms with Crippen molar-refractivity contribution in [2.24, 2.45) is 5.41 Å². The van der Waals surface area contributed by atoms with Crippen molar-refractivity contribution in [1.29, 1.82) is 0 Å². The predicted molar refractivity (Wildman–Crippen MR) is 63.1 cm³/mol. The summed E-state index contributed by atoms with van der Waals surface area (Å²) in [4.78, 5) is 2.43. The zero-order valence-corrected chi connectivity index (χ0v) is 9.97. The van der Waals surface area contributed by atoms with E-state index in [1.807, 2.05) is 23.1 Å². The molecule has 1 unspecified atom stereocenters. The molecule has 0 spiro atoms. The van der Waals surface area contributed by atoms with Gasteiger partial charge in [-0.2, -0.15) is 5.10 Å². The normalized spacial score (nSPS) is 27.1. The van der Waals surface area contributed by atoms with Crippen LogP contribution in [0.2, 0.25) is 0 Å². The van der Waals surface area contributed by atoms with Crippen LogP contribution in [0.1, 0.15) is 19.8 Å². The van der Waals surface area contributed by atoms with Crippen LogP contribution in [0.25, 0.3) is 0 Å². The standard InChI is InChI=1S/C12H21N3O/c1-12(11-16)4-2-6-14(10-12)8-9-15-7-3-5-13-15/h3,5,7,16H,2,4,6,8-11H2,1H3. The molecule has 1 atom stereocenters. The van der Waals surface area contributed by atoms with E-state index in [0.717, 1.165) is 32.6 Å². The Bertz CT molecular complexity index is 312. The van der Waals surface area contributed by atoms with Gasteiger partial charge in [0, 0.05) is 37.5 Å². The summed E-state index contributed by atoms with van der Waals surface area (Å²) in [7, 11) is 0. The Balaban J connectivity index is 1.81. The van der Waals surface area contributed by atoms with Crippen molar-refractivity contribution in [3.63, 3.8) is 0 Å². The number of aliphatic hydroxyl groups is 1. The third-order valence-corrected chi connectivity index (χ3v) is 3.45. The second-order valence-corrected chi connectivity index (χ2v) is 5.12. The van der Waals surface area contributed by atoms with E-state index in [0.29, 0.717) is 6.61 Å². The van der Waals surface area contributed by atoms with Crippen LogP contribution in [-0.4, -0.2) is 46.0 Å². The Morgan fingerprint density at radius 3 is 3.00 bits per heavy atom. The van der Waals surface area contributed by atoms with Gasteiger partial charge >= 0.3 is 0 Å². The van der Waals surface area contributed by atoms with Crippen molar-refractivity contribution in [2.75, 3.05) is 26.2 Å². The predicted octanol–water partition coefficient (Wildman–Crippen LogP) is 0.977. The quantitative estimate of drug-likeness (QED) is 0.827. The first-order chi connectivity index (χ1) is 7.72. The summed E-state index contributed by atoms with van der Waals surface area (Å²) in [5, 5.41) is 13.6. The Kier molecular flexibility index (Phi) is 3.61. The summed E-state index contributed by atoms with van der Waals surface area (Å²) in [6.45, 7) is 6.59. The Labute approximate surface area is 96.9 Å². The van der Waals surface area contributed by atoms with Crippen LogP contribution in [0.5, 0.6) is 0 Å². The molecule has 0 aliphatic carbocycles. The van der Waals surface area contributed by atoms with Gasteiger partial charge in [0.05, 0.1) is 6.54 Å². The number of hydrogen-bond acceptors (Lipinski definition) is 3. The first kappa shape index (κ1) is 11.6. The molecule has 1 saturated heterocycles. The van der Waals surface area contributed by atoms with Crippen molar-refractivity contribution in [3.05, 3.63) is 18.5 Å². The maximum Gasteiger partial charge on any atom is 0.0536 e.